The third-order valence-corrected chi connectivity index (χ3v) is 4.87. The molecule has 0 unspecified atom stereocenters. The van der Waals surface area contributed by atoms with Gasteiger partial charge in [-0.1, -0.05) is 19.1 Å². The summed E-state index contributed by atoms with van der Waals surface area (Å²) in [6.45, 7) is 9.42. The second-order valence-corrected chi connectivity index (χ2v) is 6.69. The van der Waals surface area contributed by atoms with Crippen molar-refractivity contribution < 1.29 is 4.79 Å². The normalized spacial score (nSPS) is 14.7. The molecule has 132 valence electrons. The molecule has 1 aromatic carbocycles. The first-order valence-electron chi connectivity index (χ1n) is 9.02. The van der Waals surface area contributed by atoms with Crippen LogP contribution in [0.2, 0.25) is 0 Å². The number of carbonyl (C=O) groups is 1. The van der Waals surface area contributed by atoms with Crippen LogP contribution in [0.3, 0.4) is 0 Å². The molecular formula is C20H26N4O. The number of benzene rings is 1. The van der Waals surface area contributed by atoms with Crippen LogP contribution in [0.1, 0.15) is 30.9 Å². The molecule has 0 saturated carbocycles. The van der Waals surface area contributed by atoms with Crippen molar-refractivity contribution in [3.63, 3.8) is 0 Å². The minimum absolute atomic E-state index is 0.262. The molecule has 2 heterocycles. The van der Waals surface area contributed by atoms with Gasteiger partial charge >= 0.3 is 0 Å². The summed E-state index contributed by atoms with van der Waals surface area (Å²) in [6, 6.07) is 10.4. The van der Waals surface area contributed by atoms with Gasteiger partial charge in [-0.05, 0) is 49.6 Å². The Kier molecular flexibility index (Phi) is 5.31. The molecule has 0 bridgehead atoms. The van der Waals surface area contributed by atoms with Crippen LogP contribution in [-0.4, -0.2) is 47.2 Å². The maximum absolute atomic E-state index is 12.0. The zero-order valence-corrected chi connectivity index (χ0v) is 15.3. The van der Waals surface area contributed by atoms with Gasteiger partial charge in [0, 0.05) is 38.2 Å². The fraction of sp³-hybridized carbons (Fsp3) is 0.450. The average Bonchev–Trinajstić information content (AvgIpc) is 2.64. The van der Waals surface area contributed by atoms with E-state index in [0.29, 0.717) is 6.42 Å². The molecule has 1 aromatic heterocycles. The van der Waals surface area contributed by atoms with Crippen molar-refractivity contribution in [2.45, 2.75) is 33.6 Å². The van der Waals surface area contributed by atoms with E-state index in [1.54, 1.807) is 0 Å². The average molecular weight is 338 g/mol. The topological polar surface area (TPSA) is 49.3 Å². The Labute approximate surface area is 149 Å². The summed E-state index contributed by atoms with van der Waals surface area (Å²) in [5.41, 5.74) is 4.53. The van der Waals surface area contributed by atoms with Crippen LogP contribution >= 0.6 is 0 Å². The summed E-state index contributed by atoms with van der Waals surface area (Å²) >= 11 is 0. The molecule has 0 spiro atoms. The van der Waals surface area contributed by atoms with E-state index in [0.717, 1.165) is 49.7 Å². The Morgan fingerprint density at radius 1 is 1.00 bits per heavy atom. The minimum Gasteiger partial charge on any atom is -0.352 e. The molecule has 1 aliphatic heterocycles. The van der Waals surface area contributed by atoms with E-state index in [1.165, 1.54) is 11.1 Å². The SMILES string of the molecule is CCCC(=O)N1CCN(c2ccc(-c3ccc(C)c(C)c3)nn2)CC1. The van der Waals surface area contributed by atoms with Gasteiger partial charge in [-0.3, -0.25) is 4.79 Å². The fourth-order valence-corrected chi connectivity index (χ4v) is 3.11. The van der Waals surface area contributed by atoms with Crippen molar-refractivity contribution in [3.8, 4) is 11.3 Å². The zero-order valence-electron chi connectivity index (χ0n) is 15.3. The molecule has 3 rings (SSSR count). The summed E-state index contributed by atoms with van der Waals surface area (Å²) < 4.78 is 0. The Hall–Kier alpha value is -2.43. The second kappa shape index (κ2) is 7.64. The largest absolute Gasteiger partial charge is 0.352 e. The number of hydrogen-bond acceptors (Lipinski definition) is 4. The highest BCUT2D eigenvalue weighted by Crippen LogP contribution is 2.22. The highest BCUT2D eigenvalue weighted by Gasteiger charge is 2.21. The third-order valence-electron chi connectivity index (χ3n) is 4.87. The summed E-state index contributed by atoms with van der Waals surface area (Å²) in [5, 5.41) is 8.82. The number of carbonyl (C=O) groups excluding carboxylic acids is 1. The Bertz CT molecular complexity index is 734. The van der Waals surface area contributed by atoms with Crippen molar-refractivity contribution in [1.29, 1.82) is 0 Å². The summed E-state index contributed by atoms with van der Waals surface area (Å²) in [7, 11) is 0. The maximum atomic E-state index is 12.0. The van der Waals surface area contributed by atoms with Crippen molar-refractivity contribution in [3.05, 3.63) is 41.5 Å². The second-order valence-electron chi connectivity index (χ2n) is 6.69. The van der Waals surface area contributed by atoms with E-state index >= 15 is 0 Å². The highest BCUT2D eigenvalue weighted by molar-refractivity contribution is 5.76. The van der Waals surface area contributed by atoms with Crippen molar-refractivity contribution in [2.24, 2.45) is 0 Å². The minimum atomic E-state index is 0.262. The van der Waals surface area contributed by atoms with Gasteiger partial charge in [-0.2, -0.15) is 0 Å². The number of piperazine rings is 1. The van der Waals surface area contributed by atoms with Gasteiger partial charge in [-0.25, -0.2) is 0 Å². The molecule has 5 heteroatoms. The first kappa shape index (κ1) is 17.4. The van der Waals surface area contributed by atoms with E-state index in [-0.39, 0.29) is 5.91 Å². The molecule has 0 aliphatic carbocycles. The lowest BCUT2D eigenvalue weighted by Gasteiger charge is -2.35. The predicted octanol–water partition coefficient (Wildman–Crippen LogP) is 3.21. The van der Waals surface area contributed by atoms with Crippen molar-refractivity contribution in [2.75, 3.05) is 31.1 Å². The molecule has 1 saturated heterocycles. The van der Waals surface area contributed by atoms with Gasteiger partial charge in [0.1, 0.15) is 0 Å². The number of nitrogens with zero attached hydrogens (tertiary/aromatic N) is 4. The smallest absolute Gasteiger partial charge is 0.222 e. The highest BCUT2D eigenvalue weighted by atomic mass is 16.2. The van der Waals surface area contributed by atoms with Crippen LogP contribution < -0.4 is 4.90 Å². The molecule has 1 aliphatic rings. The van der Waals surface area contributed by atoms with Crippen LogP contribution in [0.25, 0.3) is 11.3 Å². The van der Waals surface area contributed by atoms with E-state index < -0.39 is 0 Å². The molecule has 1 amide bonds. The number of aromatic nitrogens is 2. The van der Waals surface area contributed by atoms with Gasteiger partial charge in [0.15, 0.2) is 5.82 Å². The lowest BCUT2D eigenvalue weighted by atomic mass is 10.0. The van der Waals surface area contributed by atoms with Gasteiger partial charge in [0.2, 0.25) is 5.91 Å². The molecule has 1 fully saturated rings. The molecule has 0 radical (unpaired) electrons. The number of amides is 1. The summed E-state index contributed by atoms with van der Waals surface area (Å²) in [6.07, 6.45) is 1.55. The first-order chi connectivity index (χ1) is 12.1. The van der Waals surface area contributed by atoms with Crippen molar-refractivity contribution >= 4 is 11.7 Å². The lowest BCUT2D eigenvalue weighted by molar-refractivity contribution is -0.131. The quantitative estimate of drug-likeness (QED) is 0.859. The van der Waals surface area contributed by atoms with Gasteiger partial charge < -0.3 is 9.80 Å². The Morgan fingerprint density at radius 2 is 1.76 bits per heavy atom. The van der Waals surface area contributed by atoms with Gasteiger partial charge in [0.05, 0.1) is 5.69 Å². The molecule has 0 N–H and O–H groups in total. The Morgan fingerprint density at radius 3 is 2.36 bits per heavy atom. The van der Waals surface area contributed by atoms with Crippen LogP contribution in [0.5, 0.6) is 0 Å². The van der Waals surface area contributed by atoms with E-state index in [9.17, 15) is 4.79 Å². The first-order valence-corrected chi connectivity index (χ1v) is 9.02. The van der Waals surface area contributed by atoms with Crippen LogP contribution in [0.4, 0.5) is 5.82 Å². The number of anilines is 1. The van der Waals surface area contributed by atoms with Crippen molar-refractivity contribution in [1.82, 2.24) is 15.1 Å². The molecule has 5 nitrogen and oxygen atoms in total. The van der Waals surface area contributed by atoms with Gasteiger partial charge in [0.25, 0.3) is 0 Å². The monoisotopic (exact) mass is 338 g/mol. The van der Waals surface area contributed by atoms with E-state index in [1.807, 2.05) is 24.0 Å². The van der Waals surface area contributed by atoms with E-state index in [4.69, 9.17) is 0 Å². The molecular weight excluding hydrogens is 312 g/mol. The summed E-state index contributed by atoms with van der Waals surface area (Å²) in [4.78, 5) is 16.1. The zero-order chi connectivity index (χ0) is 17.8. The predicted molar refractivity (Wildman–Crippen MR) is 101 cm³/mol. The summed E-state index contributed by atoms with van der Waals surface area (Å²) in [5.74, 6) is 1.15. The van der Waals surface area contributed by atoms with Crippen LogP contribution in [0, 0.1) is 13.8 Å². The van der Waals surface area contributed by atoms with Crippen LogP contribution in [-0.2, 0) is 4.79 Å². The molecule has 25 heavy (non-hydrogen) atoms. The number of rotatable bonds is 4. The Balaban J connectivity index is 1.65. The molecule has 2 aromatic rings. The van der Waals surface area contributed by atoms with Gasteiger partial charge in [-0.15, -0.1) is 10.2 Å². The van der Waals surface area contributed by atoms with Crippen LogP contribution in [0.15, 0.2) is 30.3 Å². The molecule has 0 atom stereocenters. The van der Waals surface area contributed by atoms with E-state index in [2.05, 4.69) is 47.1 Å². The lowest BCUT2D eigenvalue weighted by Crippen LogP contribution is -2.49. The maximum Gasteiger partial charge on any atom is 0.222 e. The fourth-order valence-electron chi connectivity index (χ4n) is 3.11. The number of hydrogen-bond donors (Lipinski definition) is 0. The standard InChI is InChI=1S/C20H26N4O/c1-4-5-20(25)24-12-10-23(11-13-24)19-9-8-18(21-22-19)17-7-6-15(2)16(3)14-17/h6-9,14H,4-5,10-13H2,1-3H3. The third kappa shape index (κ3) is 3.98. The number of aryl methyl sites for hydroxylation is 2.